The molecule has 1 aromatic heterocycles. The number of benzene rings is 2. The highest BCUT2D eigenvalue weighted by molar-refractivity contribution is 5.95. The number of hydrogen-bond acceptors (Lipinski definition) is 7. The highest BCUT2D eigenvalue weighted by Crippen LogP contribution is 2.18. The molecule has 0 saturated carbocycles. The van der Waals surface area contributed by atoms with Gasteiger partial charge in [-0.2, -0.15) is 0 Å². The van der Waals surface area contributed by atoms with Crippen LogP contribution in [-0.2, 0) is 20.7 Å². The Hall–Kier alpha value is -3.75. The van der Waals surface area contributed by atoms with Gasteiger partial charge in [-0.25, -0.2) is 9.48 Å². The average molecular weight is 395 g/mol. The Morgan fingerprint density at radius 3 is 2.45 bits per heavy atom. The van der Waals surface area contributed by atoms with Gasteiger partial charge in [-0.15, -0.1) is 5.10 Å². The van der Waals surface area contributed by atoms with Crippen molar-refractivity contribution in [1.82, 2.24) is 20.2 Å². The molecule has 29 heavy (non-hydrogen) atoms. The third-order valence-corrected chi connectivity index (χ3v) is 4.25. The van der Waals surface area contributed by atoms with Crippen LogP contribution in [-0.4, -0.2) is 45.3 Å². The molecule has 2 aromatic carbocycles. The van der Waals surface area contributed by atoms with Crippen LogP contribution in [0.5, 0.6) is 5.75 Å². The number of amides is 1. The summed E-state index contributed by atoms with van der Waals surface area (Å²) in [4.78, 5) is 25.2. The molecule has 0 saturated heterocycles. The zero-order valence-corrected chi connectivity index (χ0v) is 16.1. The summed E-state index contributed by atoms with van der Waals surface area (Å²) in [5.41, 5.74) is 1.49. The largest absolute Gasteiger partial charge is 0.497 e. The van der Waals surface area contributed by atoms with Gasteiger partial charge in [-0.05, 0) is 47.2 Å². The number of tetrazole rings is 1. The molecule has 0 spiro atoms. The molecular weight excluding hydrogens is 374 g/mol. The Morgan fingerprint density at radius 1 is 1.10 bits per heavy atom. The lowest BCUT2D eigenvalue weighted by Gasteiger charge is -2.19. The van der Waals surface area contributed by atoms with Gasteiger partial charge in [-0.1, -0.05) is 30.3 Å². The van der Waals surface area contributed by atoms with E-state index in [0.29, 0.717) is 17.9 Å². The summed E-state index contributed by atoms with van der Waals surface area (Å²) in [6, 6.07) is 15.5. The van der Waals surface area contributed by atoms with E-state index >= 15 is 0 Å². The van der Waals surface area contributed by atoms with E-state index in [1.54, 1.807) is 31.4 Å². The van der Waals surface area contributed by atoms with Gasteiger partial charge in [0.1, 0.15) is 12.1 Å². The number of carbonyl (C=O) groups excluding carboxylic acids is 2. The fourth-order valence-corrected chi connectivity index (χ4v) is 2.66. The highest BCUT2D eigenvalue weighted by atomic mass is 16.5. The molecule has 9 nitrogen and oxygen atoms in total. The Bertz CT molecular complexity index is 929. The number of esters is 1. The monoisotopic (exact) mass is 395 g/mol. The Morgan fingerprint density at radius 2 is 1.83 bits per heavy atom. The molecule has 0 aliphatic rings. The summed E-state index contributed by atoms with van der Waals surface area (Å²) in [6.07, 6.45) is 0.674. The zero-order chi connectivity index (χ0) is 20.6. The standard InChI is InChI=1S/C20H21N5O4/c1-14(19(26)22-16-8-10-17(28-2)11-9-16)29-20(27)18(25-13-21-23-24-25)12-15-6-4-3-5-7-15/h3-11,13-14,18H,12H2,1-2H3,(H,22,26)/t14-,18-/m0/s1. The molecule has 2 atom stereocenters. The van der Waals surface area contributed by atoms with E-state index in [-0.39, 0.29) is 0 Å². The molecule has 1 amide bonds. The fourth-order valence-electron chi connectivity index (χ4n) is 2.66. The second-order valence-electron chi connectivity index (χ2n) is 6.29. The molecular formula is C20H21N5O4. The number of carbonyl (C=O) groups is 2. The quantitative estimate of drug-likeness (QED) is 0.581. The van der Waals surface area contributed by atoms with E-state index in [0.717, 1.165) is 5.56 Å². The summed E-state index contributed by atoms with van der Waals surface area (Å²) in [5.74, 6) is -0.370. The normalized spacial score (nSPS) is 12.6. The van der Waals surface area contributed by atoms with Gasteiger partial charge in [0.25, 0.3) is 5.91 Å². The van der Waals surface area contributed by atoms with Crippen LogP contribution in [0.1, 0.15) is 18.5 Å². The number of rotatable bonds is 8. The summed E-state index contributed by atoms with van der Waals surface area (Å²) in [6.45, 7) is 1.51. The molecule has 0 fully saturated rings. The van der Waals surface area contributed by atoms with Gasteiger partial charge in [-0.3, -0.25) is 4.79 Å². The molecule has 3 rings (SSSR count). The van der Waals surface area contributed by atoms with E-state index in [2.05, 4.69) is 20.8 Å². The van der Waals surface area contributed by atoms with Crippen LogP contribution in [0.3, 0.4) is 0 Å². The van der Waals surface area contributed by atoms with Crippen LogP contribution in [0.25, 0.3) is 0 Å². The molecule has 0 aliphatic heterocycles. The zero-order valence-electron chi connectivity index (χ0n) is 16.1. The number of nitrogens with zero attached hydrogens (tertiary/aromatic N) is 4. The first-order valence-electron chi connectivity index (χ1n) is 8.98. The summed E-state index contributed by atoms with van der Waals surface area (Å²) < 4.78 is 11.8. The van der Waals surface area contributed by atoms with E-state index < -0.39 is 24.0 Å². The Kier molecular flexibility index (Phi) is 6.51. The van der Waals surface area contributed by atoms with Crippen molar-refractivity contribution >= 4 is 17.6 Å². The van der Waals surface area contributed by atoms with Crippen molar-refractivity contribution in [2.75, 3.05) is 12.4 Å². The van der Waals surface area contributed by atoms with Crippen LogP contribution < -0.4 is 10.1 Å². The van der Waals surface area contributed by atoms with Crippen molar-refractivity contribution in [2.45, 2.75) is 25.5 Å². The van der Waals surface area contributed by atoms with Gasteiger partial charge in [0.05, 0.1) is 7.11 Å². The SMILES string of the molecule is COc1ccc(NC(=O)[C@H](C)OC(=O)[C@H](Cc2ccccc2)n2cnnn2)cc1. The maximum atomic E-state index is 12.8. The maximum Gasteiger partial charge on any atom is 0.332 e. The number of ether oxygens (including phenoxy) is 2. The maximum absolute atomic E-state index is 12.8. The van der Waals surface area contributed by atoms with Gasteiger partial charge < -0.3 is 14.8 Å². The third kappa shape index (κ3) is 5.38. The van der Waals surface area contributed by atoms with Gasteiger partial charge >= 0.3 is 5.97 Å². The number of methoxy groups -OCH3 is 1. The number of hydrogen-bond donors (Lipinski definition) is 1. The lowest BCUT2D eigenvalue weighted by atomic mass is 10.1. The van der Waals surface area contributed by atoms with Crippen molar-refractivity contribution in [3.63, 3.8) is 0 Å². The molecule has 0 radical (unpaired) electrons. The molecule has 0 aliphatic carbocycles. The topological polar surface area (TPSA) is 108 Å². The average Bonchev–Trinajstić information content (AvgIpc) is 3.27. The van der Waals surface area contributed by atoms with E-state index in [1.807, 2.05) is 30.3 Å². The van der Waals surface area contributed by atoms with Crippen molar-refractivity contribution in [1.29, 1.82) is 0 Å². The Balaban J connectivity index is 1.65. The van der Waals surface area contributed by atoms with Gasteiger partial charge in [0.15, 0.2) is 12.1 Å². The lowest BCUT2D eigenvalue weighted by molar-refractivity contribution is -0.156. The fraction of sp³-hybridized carbons (Fsp3) is 0.250. The molecule has 9 heteroatoms. The molecule has 1 heterocycles. The van der Waals surface area contributed by atoms with E-state index in [4.69, 9.17) is 9.47 Å². The van der Waals surface area contributed by atoms with Crippen molar-refractivity contribution in [3.8, 4) is 5.75 Å². The molecule has 1 N–H and O–H groups in total. The van der Waals surface area contributed by atoms with E-state index in [1.165, 1.54) is 17.9 Å². The summed E-state index contributed by atoms with van der Waals surface area (Å²) >= 11 is 0. The predicted octanol–water partition coefficient (Wildman–Crippen LogP) is 2.04. The minimum absolute atomic E-state index is 0.331. The molecule has 3 aromatic rings. The number of nitrogens with one attached hydrogen (secondary N) is 1. The van der Waals surface area contributed by atoms with Gasteiger partial charge in [0, 0.05) is 12.1 Å². The number of anilines is 1. The minimum atomic E-state index is -1.00. The van der Waals surface area contributed by atoms with Crippen LogP contribution in [0.4, 0.5) is 5.69 Å². The van der Waals surface area contributed by atoms with Crippen LogP contribution >= 0.6 is 0 Å². The number of aromatic nitrogens is 4. The first-order valence-corrected chi connectivity index (χ1v) is 8.98. The van der Waals surface area contributed by atoms with Crippen LogP contribution in [0.2, 0.25) is 0 Å². The van der Waals surface area contributed by atoms with E-state index in [9.17, 15) is 9.59 Å². The minimum Gasteiger partial charge on any atom is -0.497 e. The first kappa shape index (κ1) is 20.0. The van der Waals surface area contributed by atoms with Crippen LogP contribution in [0, 0.1) is 0 Å². The summed E-state index contributed by atoms with van der Waals surface area (Å²) in [5, 5.41) is 13.7. The van der Waals surface area contributed by atoms with Gasteiger partial charge in [0.2, 0.25) is 0 Å². The smallest absolute Gasteiger partial charge is 0.332 e. The first-order chi connectivity index (χ1) is 14.1. The molecule has 0 bridgehead atoms. The lowest BCUT2D eigenvalue weighted by Crippen LogP contribution is -2.34. The van der Waals surface area contributed by atoms with Crippen molar-refractivity contribution in [3.05, 3.63) is 66.5 Å². The Labute approximate surface area is 167 Å². The predicted molar refractivity (Wildman–Crippen MR) is 104 cm³/mol. The summed E-state index contributed by atoms with van der Waals surface area (Å²) in [7, 11) is 1.56. The molecule has 150 valence electrons. The molecule has 0 unspecified atom stereocenters. The third-order valence-electron chi connectivity index (χ3n) is 4.25. The van der Waals surface area contributed by atoms with Crippen molar-refractivity contribution in [2.24, 2.45) is 0 Å². The highest BCUT2D eigenvalue weighted by Gasteiger charge is 2.27. The van der Waals surface area contributed by atoms with Crippen molar-refractivity contribution < 1.29 is 19.1 Å². The second kappa shape index (κ2) is 9.45. The van der Waals surface area contributed by atoms with Crippen LogP contribution in [0.15, 0.2) is 60.9 Å². The second-order valence-corrected chi connectivity index (χ2v) is 6.29.